The summed E-state index contributed by atoms with van der Waals surface area (Å²) in [6, 6.07) is 12.7. The number of halogens is 2. The third-order valence-corrected chi connectivity index (χ3v) is 6.14. The summed E-state index contributed by atoms with van der Waals surface area (Å²) in [6.07, 6.45) is 1.58. The number of aromatic nitrogens is 1. The first-order valence-corrected chi connectivity index (χ1v) is 10.8. The number of aryl methyl sites for hydroxylation is 2. The molecule has 0 atom stereocenters. The molecule has 0 aliphatic rings. The van der Waals surface area contributed by atoms with Crippen molar-refractivity contribution in [2.24, 2.45) is 0 Å². The van der Waals surface area contributed by atoms with Crippen LogP contribution in [-0.2, 0) is 15.9 Å². The Morgan fingerprint density at radius 1 is 1.00 bits per heavy atom. The van der Waals surface area contributed by atoms with Crippen molar-refractivity contribution in [1.29, 1.82) is 0 Å². The fraction of sp³-hybridized carbons (Fsp3) is 0.182. The third kappa shape index (κ3) is 5.24. The number of carbonyl (C=O) groups is 1. The van der Waals surface area contributed by atoms with E-state index in [1.807, 2.05) is 0 Å². The van der Waals surface area contributed by atoms with Gasteiger partial charge in [-0.05, 0) is 61.9 Å². The van der Waals surface area contributed by atoms with Crippen molar-refractivity contribution in [1.82, 2.24) is 4.98 Å². The van der Waals surface area contributed by atoms with Gasteiger partial charge in [0.05, 0.1) is 10.5 Å². The summed E-state index contributed by atoms with van der Waals surface area (Å²) < 4.78 is 55.0. The van der Waals surface area contributed by atoms with Crippen molar-refractivity contribution in [2.75, 3.05) is 10.0 Å². The largest absolute Gasteiger partial charge is 0.322 e. The lowest BCUT2D eigenvalue weighted by Crippen LogP contribution is -2.17. The van der Waals surface area contributed by atoms with E-state index in [9.17, 15) is 22.0 Å². The highest BCUT2D eigenvalue weighted by molar-refractivity contribution is 7.92. The van der Waals surface area contributed by atoms with Crippen LogP contribution >= 0.6 is 0 Å². The molecule has 0 spiro atoms. The summed E-state index contributed by atoms with van der Waals surface area (Å²) in [4.78, 5) is 16.5. The molecule has 2 N–H and O–H groups in total. The molecule has 0 saturated heterocycles. The number of pyridine rings is 1. The lowest BCUT2D eigenvalue weighted by atomic mass is 10.1. The minimum Gasteiger partial charge on any atom is -0.322 e. The zero-order chi connectivity index (χ0) is 22.8. The number of anilines is 2. The summed E-state index contributed by atoms with van der Waals surface area (Å²) in [7, 11) is -4.03. The maximum atomic E-state index is 13.5. The van der Waals surface area contributed by atoms with E-state index in [0.717, 1.165) is 13.0 Å². The van der Waals surface area contributed by atoms with Gasteiger partial charge in [0.2, 0.25) is 0 Å². The molecule has 3 aromatic rings. The standard InChI is InChI=1S/C22H21F2N3O3S/c1-14-12-17(26-21(28)19-8-5-11-25-15(19)2)9-10-20(14)31(29,30)27-18-7-4-6-16(13-18)22(3,23)24/h4-13,27H,1-3H3,(H,26,28). The van der Waals surface area contributed by atoms with Gasteiger partial charge in [-0.15, -0.1) is 0 Å². The lowest BCUT2D eigenvalue weighted by Gasteiger charge is -2.15. The summed E-state index contributed by atoms with van der Waals surface area (Å²) >= 11 is 0. The lowest BCUT2D eigenvalue weighted by molar-refractivity contribution is 0.0175. The molecule has 1 amide bonds. The second-order valence-electron chi connectivity index (χ2n) is 7.15. The number of benzene rings is 2. The van der Waals surface area contributed by atoms with Crippen molar-refractivity contribution in [3.05, 3.63) is 83.2 Å². The summed E-state index contributed by atoms with van der Waals surface area (Å²) in [5, 5.41) is 2.71. The summed E-state index contributed by atoms with van der Waals surface area (Å²) in [5.41, 5.74) is 1.50. The van der Waals surface area contributed by atoms with Crippen molar-refractivity contribution >= 4 is 27.3 Å². The Labute approximate surface area is 179 Å². The number of nitrogens with one attached hydrogen (secondary N) is 2. The van der Waals surface area contributed by atoms with Crippen LogP contribution in [0.5, 0.6) is 0 Å². The number of alkyl halides is 2. The van der Waals surface area contributed by atoms with Crippen LogP contribution in [0.25, 0.3) is 0 Å². The van der Waals surface area contributed by atoms with Gasteiger partial charge >= 0.3 is 0 Å². The number of carbonyl (C=O) groups excluding carboxylic acids is 1. The smallest absolute Gasteiger partial charge is 0.270 e. The van der Waals surface area contributed by atoms with Crippen LogP contribution in [0.2, 0.25) is 0 Å². The van der Waals surface area contributed by atoms with Gasteiger partial charge < -0.3 is 5.32 Å². The monoisotopic (exact) mass is 445 g/mol. The van der Waals surface area contributed by atoms with Crippen LogP contribution in [0.3, 0.4) is 0 Å². The van der Waals surface area contributed by atoms with Crippen LogP contribution in [-0.4, -0.2) is 19.3 Å². The van der Waals surface area contributed by atoms with Crippen molar-refractivity contribution in [3.8, 4) is 0 Å². The van der Waals surface area contributed by atoms with Gasteiger partial charge in [0, 0.05) is 35.8 Å². The molecule has 6 nitrogen and oxygen atoms in total. The molecule has 0 saturated carbocycles. The number of hydrogen-bond acceptors (Lipinski definition) is 4. The minimum absolute atomic E-state index is 0.0304. The van der Waals surface area contributed by atoms with Gasteiger partial charge in [0.15, 0.2) is 0 Å². The van der Waals surface area contributed by atoms with Gasteiger partial charge in [0.1, 0.15) is 0 Å². The van der Waals surface area contributed by atoms with E-state index >= 15 is 0 Å². The molecule has 0 aliphatic heterocycles. The molecule has 1 aromatic heterocycles. The Morgan fingerprint density at radius 3 is 2.39 bits per heavy atom. The molecule has 0 fully saturated rings. The SMILES string of the molecule is Cc1cc(NC(=O)c2cccnc2C)ccc1S(=O)(=O)Nc1cccc(C(C)(F)F)c1. The van der Waals surface area contributed by atoms with Crippen molar-refractivity contribution < 1.29 is 22.0 Å². The summed E-state index contributed by atoms with van der Waals surface area (Å²) in [5.74, 6) is -3.46. The molecule has 1 heterocycles. The van der Waals surface area contributed by atoms with Crippen molar-refractivity contribution in [2.45, 2.75) is 31.6 Å². The number of rotatable bonds is 6. The Hall–Kier alpha value is -3.33. The van der Waals surface area contributed by atoms with Crippen molar-refractivity contribution in [3.63, 3.8) is 0 Å². The minimum atomic E-state index is -4.03. The molecule has 9 heteroatoms. The molecule has 0 aliphatic carbocycles. The average molecular weight is 445 g/mol. The predicted molar refractivity (Wildman–Crippen MR) is 115 cm³/mol. The van der Waals surface area contributed by atoms with Gasteiger partial charge in [0.25, 0.3) is 21.9 Å². The predicted octanol–water partition coefficient (Wildman–Crippen LogP) is 4.86. The maximum absolute atomic E-state index is 13.5. The van der Waals surface area contributed by atoms with Gasteiger partial charge in [-0.25, -0.2) is 17.2 Å². The fourth-order valence-electron chi connectivity index (χ4n) is 3.02. The Bertz CT molecular complexity index is 1240. The van der Waals surface area contributed by atoms with E-state index in [2.05, 4.69) is 15.0 Å². The van der Waals surface area contributed by atoms with E-state index in [4.69, 9.17) is 0 Å². The van der Waals surface area contributed by atoms with E-state index in [1.165, 1.54) is 36.4 Å². The highest BCUT2D eigenvalue weighted by atomic mass is 32.2. The van der Waals surface area contributed by atoms with Gasteiger partial charge in [-0.3, -0.25) is 14.5 Å². The van der Waals surface area contributed by atoms with E-state index in [0.29, 0.717) is 22.5 Å². The number of nitrogens with zero attached hydrogens (tertiary/aromatic N) is 1. The van der Waals surface area contributed by atoms with Gasteiger partial charge in [-0.1, -0.05) is 12.1 Å². The normalized spacial score (nSPS) is 11.8. The summed E-state index contributed by atoms with van der Waals surface area (Å²) in [6.45, 7) is 4.03. The van der Waals surface area contributed by atoms with E-state index in [1.54, 1.807) is 32.2 Å². The second-order valence-corrected chi connectivity index (χ2v) is 8.80. The third-order valence-electron chi connectivity index (χ3n) is 4.60. The highest BCUT2D eigenvalue weighted by Gasteiger charge is 2.25. The number of sulfonamides is 1. The van der Waals surface area contributed by atoms with Crippen LogP contribution in [0.4, 0.5) is 20.2 Å². The van der Waals surface area contributed by atoms with Crippen LogP contribution in [0.1, 0.15) is 34.1 Å². The molecule has 0 unspecified atom stereocenters. The molecule has 31 heavy (non-hydrogen) atoms. The highest BCUT2D eigenvalue weighted by Crippen LogP contribution is 2.30. The first-order chi connectivity index (χ1) is 14.5. The van der Waals surface area contributed by atoms with E-state index in [-0.39, 0.29) is 22.1 Å². The zero-order valence-electron chi connectivity index (χ0n) is 17.1. The Morgan fingerprint density at radius 2 is 1.74 bits per heavy atom. The molecule has 3 rings (SSSR count). The molecule has 2 aromatic carbocycles. The molecular formula is C22H21F2N3O3S. The first-order valence-electron chi connectivity index (χ1n) is 9.32. The second kappa shape index (κ2) is 8.43. The van der Waals surface area contributed by atoms with Crippen LogP contribution in [0.15, 0.2) is 65.7 Å². The van der Waals surface area contributed by atoms with Gasteiger partial charge in [-0.2, -0.15) is 0 Å². The zero-order valence-corrected chi connectivity index (χ0v) is 17.9. The number of hydrogen-bond donors (Lipinski definition) is 2. The molecular weight excluding hydrogens is 424 g/mol. The first kappa shape index (κ1) is 22.4. The Balaban J connectivity index is 1.82. The maximum Gasteiger partial charge on any atom is 0.270 e. The van der Waals surface area contributed by atoms with Crippen LogP contribution < -0.4 is 10.0 Å². The molecule has 0 bridgehead atoms. The average Bonchev–Trinajstić information content (AvgIpc) is 2.67. The fourth-order valence-corrected chi connectivity index (χ4v) is 4.29. The quantitative estimate of drug-likeness (QED) is 0.567. The molecule has 162 valence electrons. The topological polar surface area (TPSA) is 88.2 Å². The van der Waals surface area contributed by atoms with Crippen LogP contribution in [0, 0.1) is 13.8 Å². The number of amides is 1. The van der Waals surface area contributed by atoms with E-state index < -0.39 is 15.9 Å². The Kier molecular flexibility index (Phi) is 6.08. The molecule has 0 radical (unpaired) electrons.